The van der Waals surface area contributed by atoms with Crippen LogP contribution >= 0.6 is 22.9 Å². The summed E-state index contributed by atoms with van der Waals surface area (Å²) in [6.45, 7) is 2.17. The van der Waals surface area contributed by atoms with Gasteiger partial charge < -0.3 is 14.9 Å². The Morgan fingerprint density at radius 1 is 1.34 bits per heavy atom. The maximum absolute atomic E-state index is 11.7. The predicted octanol–water partition coefficient (Wildman–Crippen LogP) is 4.78. The highest BCUT2D eigenvalue weighted by atomic mass is 35.5. The fraction of sp³-hybridized carbons (Fsp3) is 0.423. The van der Waals surface area contributed by atoms with Crippen LogP contribution in [0.4, 0.5) is 0 Å². The van der Waals surface area contributed by atoms with Crippen LogP contribution in [0.25, 0.3) is 10.9 Å². The van der Waals surface area contributed by atoms with Gasteiger partial charge >= 0.3 is 5.97 Å². The average Bonchev–Trinajstić information content (AvgIpc) is 3.36. The Kier molecular flexibility index (Phi) is 8.24. The molecule has 1 atom stereocenters. The number of piperidine rings is 1. The third kappa shape index (κ3) is 6.30. The minimum atomic E-state index is -0.840. The summed E-state index contributed by atoms with van der Waals surface area (Å²) in [6, 6.07) is 5.47. The van der Waals surface area contributed by atoms with Crippen molar-refractivity contribution >= 4 is 39.8 Å². The molecule has 4 rings (SSSR count). The zero-order valence-electron chi connectivity index (χ0n) is 19.5. The minimum Gasteiger partial charge on any atom is -0.497 e. The van der Waals surface area contributed by atoms with E-state index in [1.165, 1.54) is 11.3 Å². The van der Waals surface area contributed by atoms with Gasteiger partial charge in [-0.15, -0.1) is 11.3 Å². The van der Waals surface area contributed by atoms with Gasteiger partial charge in [-0.25, -0.2) is 4.98 Å². The zero-order valence-corrected chi connectivity index (χ0v) is 21.1. The fourth-order valence-electron chi connectivity index (χ4n) is 4.76. The van der Waals surface area contributed by atoms with Crippen molar-refractivity contribution < 1.29 is 19.7 Å². The van der Waals surface area contributed by atoms with E-state index < -0.39 is 12.1 Å². The highest BCUT2D eigenvalue weighted by molar-refractivity contribution is 7.07. The summed E-state index contributed by atoms with van der Waals surface area (Å²) in [4.78, 5) is 22.5. The number of ether oxygens (including phenoxy) is 1. The van der Waals surface area contributed by atoms with Gasteiger partial charge in [-0.1, -0.05) is 17.5 Å². The van der Waals surface area contributed by atoms with Crippen LogP contribution in [0.2, 0.25) is 5.02 Å². The van der Waals surface area contributed by atoms with Gasteiger partial charge in [-0.05, 0) is 68.3 Å². The van der Waals surface area contributed by atoms with E-state index in [4.69, 9.17) is 16.3 Å². The van der Waals surface area contributed by atoms with E-state index >= 15 is 0 Å². The van der Waals surface area contributed by atoms with Crippen LogP contribution < -0.4 is 4.74 Å². The molecule has 0 saturated carbocycles. The van der Waals surface area contributed by atoms with Crippen molar-refractivity contribution in [2.75, 3.05) is 26.7 Å². The van der Waals surface area contributed by atoms with Gasteiger partial charge in [0.05, 0.1) is 42.2 Å². The van der Waals surface area contributed by atoms with Crippen LogP contribution in [0.3, 0.4) is 0 Å². The van der Waals surface area contributed by atoms with Crippen LogP contribution in [-0.2, 0) is 4.79 Å². The number of pyridine rings is 1. The number of halogens is 1. The van der Waals surface area contributed by atoms with Crippen molar-refractivity contribution in [2.45, 2.75) is 38.2 Å². The number of methoxy groups -OCH3 is 1. The number of thiazole rings is 1. The van der Waals surface area contributed by atoms with Gasteiger partial charge in [-0.2, -0.15) is 0 Å². The molecule has 1 saturated heterocycles. The quantitative estimate of drug-likeness (QED) is 0.418. The van der Waals surface area contributed by atoms with Crippen molar-refractivity contribution in [3.8, 4) is 17.6 Å². The van der Waals surface area contributed by atoms with Crippen molar-refractivity contribution in [1.29, 1.82) is 0 Å². The zero-order chi connectivity index (χ0) is 24.8. The van der Waals surface area contributed by atoms with Gasteiger partial charge in [0.1, 0.15) is 11.4 Å². The average molecular weight is 514 g/mol. The Hall–Kier alpha value is -2.70. The maximum atomic E-state index is 11.7. The molecule has 0 aliphatic carbocycles. The lowest BCUT2D eigenvalue weighted by Crippen LogP contribution is -2.41. The molecule has 9 heteroatoms. The Morgan fingerprint density at radius 3 is 2.83 bits per heavy atom. The van der Waals surface area contributed by atoms with Crippen LogP contribution in [-0.4, -0.2) is 57.8 Å². The molecule has 184 valence electrons. The summed E-state index contributed by atoms with van der Waals surface area (Å²) in [5.74, 6) is 6.07. The summed E-state index contributed by atoms with van der Waals surface area (Å²) in [7, 11) is 1.59. The lowest BCUT2D eigenvalue weighted by Gasteiger charge is -2.41. The number of fused-ring (bicyclic) bond motifs is 1. The Bertz CT molecular complexity index is 1230. The highest BCUT2D eigenvalue weighted by Crippen LogP contribution is 2.43. The van der Waals surface area contributed by atoms with Gasteiger partial charge in [0.15, 0.2) is 0 Å². The van der Waals surface area contributed by atoms with Gasteiger partial charge in [0.2, 0.25) is 0 Å². The first kappa shape index (κ1) is 25.4. The fourth-order valence-corrected chi connectivity index (χ4v) is 5.52. The second-order valence-corrected chi connectivity index (χ2v) is 10.1. The number of aliphatic carboxylic acids is 1. The molecule has 0 bridgehead atoms. The van der Waals surface area contributed by atoms with Gasteiger partial charge in [0, 0.05) is 22.5 Å². The number of carboxylic acids is 1. The number of aliphatic hydroxyl groups excluding tert-OH is 1. The second kappa shape index (κ2) is 11.4. The molecule has 0 spiro atoms. The Labute approximate surface area is 213 Å². The highest BCUT2D eigenvalue weighted by Gasteiger charge is 2.37. The van der Waals surface area contributed by atoms with Crippen molar-refractivity contribution in [1.82, 2.24) is 14.9 Å². The van der Waals surface area contributed by atoms with Gasteiger partial charge in [0.25, 0.3) is 0 Å². The van der Waals surface area contributed by atoms with Crippen molar-refractivity contribution in [2.24, 2.45) is 5.41 Å². The Balaban J connectivity index is 1.44. The van der Waals surface area contributed by atoms with E-state index in [-0.39, 0.29) is 11.8 Å². The topological polar surface area (TPSA) is 95.8 Å². The molecule has 1 aromatic carbocycles. The number of hydrogen-bond donors (Lipinski definition) is 2. The molecular formula is C26H28ClN3O4S. The number of benzene rings is 1. The summed E-state index contributed by atoms with van der Waals surface area (Å²) in [5, 5.41) is 23.8. The van der Waals surface area contributed by atoms with E-state index in [0.29, 0.717) is 35.7 Å². The lowest BCUT2D eigenvalue weighted by molar-refractivity contribution is -0.141. The van der Waals surface area contributed by atoms with Crippen LogP contribution in [0, 0.1) is 17.3 Å². The number of carbonyl (C=O) groups is 1. The number of aliphatic hydroxyl groups is 1. The normalized spacial score (nSPS) is 16.4. The van der Waals surface area contributed by atoms with E-state index in [1.54, 1.807) is 18.8 Å². The largest absolute Gasteiger partial charge is 0.497 e. The minimum absolute atomic E-state index is 0.0801. The van der Waals surface area contributed by atoms with Crippen LogP contribution in [0.15, 0.2) is 35.3 Å². The molecule has 0 unspecified atom stereocenters. The number of hydrogen-bond acceptors (Lipinski definition) is 7. The molecule has 2 aromatic heterocycles. The monoisotopic (exact) mass is 513 g/mol. The van der Waals surface area contributed by atoms with Crippen molar-refractivity contribution in [3.63, 3.8) is 0 Å². The number of nitrogens with zero attached hydrogens (tertiary/aromatic N) is 3. The maximum Gasteiger partial charge on any atom is 0.303 e. The number of aromatic nitrogens is 2. The van der Waals surface area contributed by atoms with E-state index in [9.17, 15) is 15.0 Å². The molecular weight excluding hydrogens is 486 g/mol. The molecule has 3 aromatic rings. The van der Waals surface area contributed by atoms with Crippen molar-refractivity contribution in [3.05, 3.63) is 51.6 Å². The lowest BCUT2D eigenvalue weighted by atomic mass is 9.71. The standard InChI is InChI=1S/C26H28ClN3O4S/c1-34-19-4-5-22-20(13-19)25(21(27)15-28-22)23(31)6-7-26(14-24(32)33)8-11-30(12-9-26)10-2-3-18-16-35-17-29-18/h4-5,13,15-17,23,31H,6-12,14H2,1H3,(H,32,33)/t23-/m0/s1. The van der Waals surface area contributed by atoms with Gasteiger partial charge in [-0.3, -0.25) is 14.7 Å². The van der Waals surface area contributed by atoms with Crippen LogP contribution in [0.5, 0.6) is 5.75 Å². The molecule has 3 heterocycles. The van der Waals surface area contributed by atoms with E-state index in [1.807, 2.05) is 23.6 Å². The molecule has 7 nitrogen and oxygen atoms in total. The van der Waals surface area contributed by atoms with E-state index in [2.05, 4.69) is 26.7 Å². The molecule has 1 aliphatic rings. The first-order valence-corrected chi connectivity index (χ1v) is 12.8. The Morgan fingerprint density at radius 2 is 2.14 bits per heavy atom. The van der Waals surface area contributed by atoms with E-state index in [0.717, 1.165) is 42.5 Å². The molecule has 2 N–H and O–H groups in total. The first-order chi connectivity index (χ1) is 16.9. The molecule has 1 aliphatic heterocycles. The molecule has 35 heavy (non-hydrogen) atoms. The first-order valence-electron chi connectivity index (χ1n) is 11.5. The molecule has 1 fully saturated rings. The molecule has 0 amide bonds. The third-order valence-electron chi connectivity index (χ3n) is 6.74. The second-order valence-electron chi connectivity index (χ2n) is 8.98. The smallest absolute Gasteiger partial charge is 0.303 e. The number of rotatable bonds is 8. The number of likely N-dealkylation sites (tertiary alicyclic amines) is 1. The summed E-state index contributed by atoms with van der Waals surface area (Å²) < 4.78 is 5.34. The molecule has 0 radical (unpaired) electrons. The summed E-state index contributed by atoms with van der Waals surface area (Å²) in [6.07, 6.45) is 3.26. The SMILES string of the molecule is COc1ccc2ncc(Cl)c([C@@H](O)CCC3(CC(=O)O)CCN(CC#Cc4cscn4)CC3)c2c1. The summed E-state index contributed by atoms with van der Waals surface area (Å²) in [5.41, 5.74) is 3.49. The predicted molar refractivity (Wildman–Crippen MR) is 137 cm³/mol. The third-order valence-corrected chi connectivity index (χ3v) is 7.63. The van der Waals surface area contributed by atoms with Crippen LogP contribution in [0.1, 0.15) is 49.5 Å². The number of carboxylic acid groups (broad SMARTS) is 1. The summed E-state index contributed by atoms with van der Waals surface area (Å²) >= 11 is 7.98.